The predicted molar refractivity (Wildman–Crippen MR) is 143 cm³/mol. The van der Waals surface area contributed by atoms with Gasteiger partial charge >= 0.3 is 0 Å². The second kappa shape index (κ2) is 14.0. The molecule has 0 radical (unpaired) electrons. The Kier molecular flexibility index (Phi) is 11.4. The second-order valence-electron chi connectivity index (χ2n) is 7.50. The lowest BCUT2D eigenvalue weighted by Gasteiger charge is -2.22. The molecule has 1 aliphatic heterocycles. The molecular formula is C24H35IN4O4. The van der Waals surface area contributed by atoms with E-state index in [9.17, 15) is 0 Å². The summed E-state index contributed by atoms with van der Waals surface area (Å²) in [6.07, 6.45) is 1.02. The molecule has 182 valence electrons. The van der Waals surface area contributed by atoms with E-state index in [1.54, 1.807) is 14.2 Å². The molecule has 1 fully saturated rings. The third-order valence-corrected chi connectivity index (χ3v) is 5.30. The van der Waals surface area contributed by atoms with Gasteiger partial charge in [-0.1, -0.05) is 18.2 Å². The van der Waals surface area contributed by atoms with Crippen LogP contribution in [0.3, 0.4) is 0 Å². The standard InChI is InChI=1S/C24H34N4O4.HI/c1-4-25-24(26-16-18-9-10-22(32-14-13-29)23(15-18)31-3)27-19-11-12-28(17-19)20-7-5-6-8-21(20)30-2;/h5-10,15,19,29H,4,11-14,16-17H2,1-3H3,(H2,25,26,27);1H. The van der Waals surface area contributed by atoms with E-state index in [1.165, 1.54) is 0 Å². The van der Waals surface area contributed by atoms with E-state index in [0.717, 1.165) is 49.0 Å². The second-order valence-corrected chi connectivity index (χ2v) is 7.50. The van der Waals surface area contributed by atoms with Crippen molar-refractivity contribution in [1.82, 2.24) is 10.6 Å². The van der Waals surface area contributed by atoms with Crippen LogP contribution < -0.4 is 29.7 Å². The Morgan fingerprint density at radius 3 is 2.64 bits per heavy atom. The van der Waals surface area contributed by atoms with E-state index in [-0.39, 0.29) is 37.2 Å². The minimum Gasteiger partial charge on any atom is -0.495 e. The minimum atomic E-state index is -0.0391. The summed E-state index contributed by atoms with van der Waals surface area (Å²) in [5.41, 5.74) is 2.13. The van der Waals surface area contributed by atoms with Crippen LogP contribution in [0, 0.1) is 0 Å². The van der Waals surface area contributed by atoms with Gasteiger partial charge in [0.15, 0.2) is 17.5 Å². The van der Waals surface area contributed by atoms with Gasteiger partial charge < -0.3 is 34.9 Å². The number of methoxy groups -OCH3 is 2. The first kappa shape index (κ1) is 26.8. The molecule has 9 heteroatoms. The molecule has 0 saturated carbocycles. The van der Waals surface area contributed by atoms with Gasteiger partial charge in [-0.25, -0.2) is 4.99 Å². The largest absolute Gasteiger partial charge is 0.495 e. The maximum atomic E-state index is 8.96. The van der Waals surface area contributed by atoms with E-state index >= 15 is 0 Å². The van der Waals surface area contributed by atoms with Gasteiger partial charge in [0.1, 0.15) is 12.4 Å². The van der Waals surface area contributed by atoms with Crippen molar-refractivity contribution >= 4 is 35.6 Å². The minimum absolute atomic E-state index is 0. The van der Waals surface area contributed by atoms with Crippen LogP contribution in [0.15, 0.2) is 47.5 Å². The van der Waals surface area contributed by atoms with Crippen molar-refractivity contribution in [2.45, 2.75) is 25.9 Å². The van der Waals surface area contributed by atoms with Gasteiger partial charge in [-0.05, 0) is 43.2 Å². The zero-order valence-electron chi connectivity index (χ0n) is 19.5. The smallest absolute Gasteiger partial charge is 0.191 e. The molecule has 2 aromatic carbocycles. The average molecular weight is 570 g/mol. The number of nitrogens with zero attached hydrogens (tertiary/aromatic N) is 2. The highest BCUT2D eigenvalue weighted by Crippen LogP contribution is 2.30. The number of aliphatic hydroxyl groups is 1. The predicted octanol–water partition coefficient (Wildman–Crippen LogP) is 3.03. The SMILES string of the molecule is CCNC(=NCc1ccc(OCCO)c(OC)c1)NC1CCN(c2ccccc2OC)C1.I. The van der Waals surface area contributed by atoms with Crippen molar-refractivity contribution in [3.05, 3.63) is 48.0 Å². The van der Waals surface area contributed by atoms with Gasteiger partial charge in [0.2, 0.25) is 0 Å². The fraction of sp³-hybridized carbons (Fsp3) is 0.458. The Morgan fingerprint density at radius 1 is 1.12 bits per heavy atom. The number of aliphatic imine (C=N–C) groups is 1. The Labute approximate surface area is 213 Å². The summed E-state index contributed by atoms with van der Waals surface area (Å²) in [5, 5.41) is 15.9. The van der Waals surface area contributed by atoms with Gasteiger partial charge in [-0.15, -0.1) is 24.0 Å². The number of ether oxygens (including phenoxy) is 3. The first-order valence-electron chi connectivity index (χ1n) is 11.0. The highest BCUT2D eigenvalue weighted by atomic mass is 127. The lowest BCUT2D eigenvalue weighted by Crippen LogP contribution is -2.44. The normalized spacial score (nSPS) is 15.6. The van der Waals surface area contributed by atoms with Crippen LogP contribution in [0.4, 0.5) is 5.69 Å². The number of benzene rings is 2. The van der Waals surface area contributed by atoms with E-state index < -0.39 is 0 Å². The summed E-state index contributed by atoms with van der Waals surface area (Å²) in [5.74, 6) is 2.93. The van der Waals surface area contributed by atoms with E-state index in [4.69, 9.17) is 24.3 Å². The lowest BCUT2D eigenvalue weighted by molar-refractivity contribution is 0.196. The maximum absolute atomic E-state index is 8.96. The van der Waals surface area contributed by atoms with Gasteiger partial charge in [0.05, 0.1) is 33.1 Å². The topological polar surface area (TPSA) is 87.6 Å². The molecule has 0 aliphatic carbocycles. The Morgan fingerprint density at radius 2 is 1.91 bits per heavy atom. The molecule has 33 heavy (non-hydrogen) atoms. The molecule has 2 aromatic rings. The number of nitrogens with one attached hydrogen (secondary N) is 2. The van der Waals surface area contributed by atoms with Crippen LogP contribution in [-0.4, -0.2) is 64.2 Å². The van der Waals surface area contributed by atoms with Gasteiger partial charge in [-0.2, -0.15) is 0 Å². The number of anilines is 1. The quantitative estimate of drug-likeness (QED) is 0.230. The lowest BCUT2D eigenvalue weighted by atomic mass is 10.2. The van der Waals surface area contributed by atoms with Crippen LogP contribution in [-0.2, 0) is 6.54 Å². The number of aliphatic hydroxyl groups excluding tert-OH is 1. The number of hydrogen-bond acceptors (Lipinski definition) is 6. The summed E-state index contributed by atoms with van der Waals surface area (Å²) in [7, 11) is 3.31. The molecule has 0 amide bonds. The summed E-state index contributed by atoms with van der Waals surface area (Å²) in [6.45, 7) is 5.39. The third kappa shape index (κ3) is 7.56. The Balaban J connectivity index is 0.00000385. The van der Waals surface area contributed by atoms with Gasteiger partial charge in [0, 0.05) is 25.7 Å². The van der Waals surface area contributed by atoms with Crippen LogP contribution in [0.25, 0.3) is 0 Å². The van der Waals surface area contributed by atoms with Crippen LogP contribution in [0.2, 0.25) is 0 Å². The first-order valence-corrected chi connectivity index (χ1v) is 11.0. The van der Waals surface area contributed by atoms with Crippen molar-refractivity contribution in [3.63, 3.8) is 0 Å². The van der Waals surface area contributed by atoms with Crippen molar-refractivity contribution in [2.24, 2.45) is 4.99 Å². The fourth-order valence-electron chi connectivity index (χ4n) is 3.76. The highest BCUT2D eigenvalue weighted by Gasteiger charge is 2.25. The zero-order chi connectivity index (χ0) is 22.8. The molecule has 0 spiro atoms. The van der Waals surface area contributed by atoms with Gasteiger partial charge in [0.25, 0.3) is 0 Å². The molecule has 1 saturated heterocycles. The summed E-state index contributed by atoms with van der Waals surface area (Å²) < 4.78 is 16.4. The third-order valence-electron chi connectivity index (χ3n) is 5.30. The van der Waals surface area contributed by atoms with Crippen LogP contribution in [0.1, 0.15) is 18.9 Å². The molecule has 8 nitrogen and oxygen atoms in total. The molecule has 1 heterocycles. The van der Waals surface area contributed by atoms with E-state index in [2.05, 4.69) is 28.5 Å². The average Bonchev–Trinajstić information content (AvgIpc) is 3.29. The Hall–Kier alpha value is -2.40. The molecule has 1 aliphatic rings. The number of guanidine groups is 1. The highest BCUT2D eigenvalue weighted by molar-refractivity contribution is 14.0. The van der Waals surface area contributed by atoms with Crippen molar-refractivity contribution in [1.29, 1.82) is 0 Å². The molecule has 1 unspecified atom stereocenters. The Bertz CT molecular complexity index is 897. The maximum Gasteiger partial charge on any atom is 0.191 e. The number of hydrogen-bond donors (Lipinski definition) is 3. The fourth-order valence-corrected chi connectivity index (χ4v) is 3.76. The number of rotatable bonds is 10. The van der Waals surface area contributed by atoms with Crippen LogP contribution in [0.5, 0.6) is 17.2 Å². The first-order chi connectivity index (χ1) is 15.7. The van der Waals surface area contributed by atoms with Crippen molar-refractivity contribution < 1.29 is 19.3 Å². The number of halogens is 1. The number of para-hydroxylation sites is 2. The molecule has 1 atom stereocenters. The summed E-state index contributed by atoms with van der Waals surface area (Å²) in [6, 6.07) is 14.1. The summed E-state index contributed by atoms with van der Waals surface area (Å²) in [4.78, 5) is 7.10. The van der Waals surface area contributed by atoms with Crippen LogP contribution >= 0.6 is 24.0 Å². The summed E-state index contributed by atoms with van der Waals surface area (Å²) >= 11 is 0. The zero-order valence-corrected chi connectivity index (χ0v) is 21.9. The molecule has 3 rings (SSSR count). The van der Waals surface area contributed by atoms with E-state index in [1.807, 2.05) is 36.4 Å². The van der Waals surface area contributed by atoms with Gasteiger partial charge in [-0.3, -0.25) is 0 Å². The monoisotopic (exact) mass is 570 g/mol. The molecule has 0 bridgehead atoms. The van der Waals surface area contributed by atoms with Crippen molar-refractivity contribution in [3.8, 4) is 17.2 Å². The molecule has 3 N–H and O–H groups in total. The molecule has 0 aromatic heterocycles. The molecular weight excluding hydrogens is 535 g/mol. The van der Waals surface area contributed by atoms with Crippen molar-refractivity contribution in [2.75, 3.05) is 52.0 Å². The van der Waals surface area contributed by atoms with E-state index in [0.29, 0.717) is 24.1 Å².